The molecule has 3 nitrogen and oxygen atoms in total. The van der Waals surface area contributed by atoms with E-state index in [9.17, 15) is 5.11 Å². The van der Waals surface area contributed by atoms with Gasteiger partial charge in [0.25, 0.3) is 0 Å². The molecule has 0 radical (unpaired) electrons. The number of nitrogens with zero attached hydrogens (tertiary/aromatic N) is 1. The number of aromatic nitrogens is 1. The third-order valence-electron chi connectivity index (χ3n) is 2.13. The van der Waals surface area contributed by atoms with Gasteiger partial charge in [0.05, 0.1) is 6.10 Å². The van der Waals surface area contributed by atoms with Crippen molar-refractivity contribution in [1.29, 1.82) is 0 Å². The summed E-state index contributed by atoms with van der Waals surface area (Å²) in [4.78, 5) is 4.10. The summed E-state index contributed by atoms with van der Waals surface area (Å²) >= 11 is 0. The molecular formula is C12H20N2O. The molecule has 0 aliphatic rings. The molecule has 1 heterocycles. The average molecular weight is 208 g/mol. The topological polar surface area (TPSA) is 45.1 Å². The van der Waals surface area contributed by atoms with Crippen LogP contribution in [0.3, 0.4) is 0 Å². The first kappa shape index (κ1) is 12.1. The van der Waals surface area contributed by atoms with E-state index >= 15 is 0 Å². The number of aliphatic hydroxyl groups is 1. The molecule has 0 aromatic carbocycles. The molecule has 3 heteroatoms. The maximum absolute atomic E-state index is 9.92. The molecular weight excluding hydrogens is 188 g/mol. The minimum Gasteiger partial charge on any atom is -0.387 e. The fourth-order valence-electron chi connectivity index (χ4n) is 1.30. The fraction of sp³-hybridized carbons (Fsp3) is 0.583. The van der Waals surface area contributed by atoms with E-state index in [1.54, 1.807) is 6.20 Å². The number of aliphatic hydroxyl groups excluding tert-OH is 1. The van der Waals surface area contributed by atoms with Crippen LogP contribution in [0.5, 0.6) is 0 Å². The summed E-state index contributed by atoms with van der Waals surface area (Å²) < 4.78 is 0. The molecule has 0 aliphatic carbocycles. The summed E-state index contributed by atoms with van der Waals surface area (Å²) in [5, 5.41) is 13.2. The molecule has 0 spiro atoms. The number of hydrogen-bond donors (Lipinski definition) is 2. The van der Waals surface area contributed by atoms with E-state index in [1.165, 1.54) is 0 Å². The lowest BCUT2D eigenvalue weighted by molar-refractivity contribution is 0.163. The van der Waals surface area contributed by atoms with Gasteiger partial charge in [0, 0.05) is 24.0 Å². The van der Waals surface area contributed by atoms with Crippen LogP contribution in [-0.2, 0) is 0 Å². The Morgan fingerprint density at radius 2 is 2.13 bits per heavy atom. The number of rotatable bonds is 3. The largest absolute Gasteiger partial charge is 0.387 e. The Hall–Kier alpha value is -0.930. The highest BCUT2D eigenvalue weighted by Gasteiger charge is 2.13. The first-order chi connectivity index (χ1) is 6.88. The van der Waals surface area contributed by atoms with Crippen LogP contribution in [0.25, 0.3) is 0 Å². The van der Waals surface area contributed by atoms with Crippen LogP contribution in [0, 0.1) is 6.92 Å². The molecule has 0 unspecified atom stereocenters. The third-order valence-corrected chi connectivity index (χ3v) is 2.13. The zero-order chi connectivity index (χ0) is 11.5. The van der Waals surface area contributed by atoms with Gasteiger partial charge < -0.3 is 10.4 Å². The van der Waals surface area contributed by atoms with Crippen molar-refractivity contribution in [3.8, 4) is 0 Å². The van der Waals surface area contributed by atoms with Crippen molar-refractivity contribution in [3.05, 3.63) is 29.6 Å². The molecule has 0 amide bonds. The van der Waals surface area contributed by atoms with Crippen molar-refractivity contribution >= 4 is 0 Å². The summed E-state index contributed by atoms with van der Waals surface area (Å²) in [6.45, 7) is 8.73. The number of hydrogen-bond acceptors (Lipinski definition) is 3. The highest BCUT2D eigenvalue weighted by molar-refractivity contribution is 5.18. The summed E-state index contributed by atoms with van der Waals surface area (Å²) in [7, 11) is 0. The van der Waals surface area contributed by atoms with Gasteiger partial charge in [0.15, 0.2) is 0 Å². The predicted molar refractivity (Wildman–Crippen MR) is 61.7 cm³/mol. The second-order valence-corrected chi connectivity index (χ2v) is 4.88. The quantitative estimate of drug-likeness (QED) is 0.796. The molecule has 1 atom stereocenters. The van der Waals surface area contributed by atoms with Gasteiger partial charge in [-0.1, -0.05) is 0 Å². The van der Waals surface area contributed by atoms with E-state index in [1.807, 2.05) is 19.1 Å². The van der Waals surface area contributed by atoms with Gasteiger partial charge in [0.1, 0.15) is 0 Å². The van der Waals surface area contributed by atoms with Crippen LogP contribution in [0.15, 0.2) is 18.3 Å². The third kappa shape index (κ3) is 4.40. The van der Waals surface area contributed by atoms with E-state index in [0.717, 1.165) is 11.3 Å². The van der Waals surface area contributed by atoms with Crippen LogP contribution in [0.4, 0.5) is 0 Å². The Morgan fingerprint density at radius 3 is 2.67 bits per heavy atom. The van der Waals surface area contributed by atoms with Gasteiger partial charge in [-0.3, -0.25) is 4.98 Å². The van der Waals surface area contributed by atoms with Crippen LogP contribution in [-0.4, -0.2) is 22.2 Å². The lowest BCUT2D eigenvalue weighted by atomic mass is 10.1. The number of nitrogens with one attached hydrogen (secondary N) is 1. The van der Waals surface area contributed by atoms with E-state index in [2.05, 4.69) is 31.1 Å². The van der Waals surface area contributed by atoms with Crippen LogP contribution in [0.2, 0.25) is 0 Å². The number of β-amino-alcohol motifs (C(OH)–C–C–N with tert-alkyl or cyclic N) is 1. The maximum Gasteiger partial charge on any atom is 0.0915 e. The summed E-state index contributed by atoms with van der Waals surface area (Å²) in [5.41, 5.74) is 1.88. The highest BCUT2D eigenvalue weighted by atomic mass is 16.3. The Bertz CT molecular complexity index is 318. The molecule has 15 heavy (non-hydrogen) atoms. The van der Waals surface area contributed by atoms with E-state index in [0.29, 0.717) is 6.54 Å². The zero-order valence-corrected chi connectivity index (χ0v) is 9.91. The van der Waals surface area contributed by atoms with Crippen LogP contribution in [0.1, 0.15) is 38.1 Å². The predicted octanol–water partition coefficient (Wildman–Crippen LogP) is 1.81. The monoisotopic (exact) mass is 208 g/mol. The molecule has 2 N–H and O–H groups in total. The molecule has 1 aromatic rings. The Morgan fingerprint density at radius 1 is 1.47 bits per heavy atom. The van der Waals surface area contributed by atoms with Gasteiger partial charge >= 0.3 is 0 Å². The van der Waals surface area contributed by atoms with E-state index in [-0.39, 0.29) is 5.54 Å². The van der Waals surface area contributed by atoms with Crippen molar-refractivity contribution in [3.63, 3.8) is 0 Å². The lowest BCUT2D eigenvalue weighted by Crippen LogP contribution is -2.38. The van der Waals surface area contributed by atoms with Gasteiger partial charge in [-0.2, -0.15) is 0 Å². The summed E-state index contributed by atoms with van der Waals surface area (Å²) in [5.74, 6) is 0. The molecule has 0 bridgehead atoms. The van der Waals surface area contributed by atoms with Gasteiger partial charge in [-0.05, 0) is 45.4 Å². The minimum absolute atomic E-state index is 0.0308. The smallest absolute Gasteiger partial charge is 0.0915 e. The molecule has 1 rings (SSSR count). The lowest BCUT2D eigenvalue weighted by Gasteiger charge is -2.23. The van der Waals surface area contributed by atoms with Crippen molar-refractivity contribution in [2.45, 2.75) is 39.3 Å². The van der Waals surface area contributed by atoms with Crippen molar-refractivity contribution in [1.82, 2.24) is 10.3 Å². The number of pyridine rings is 1. The average Bonchev–Trinajstić information content (AvgIpc) is 2.13. The Kier molecular flexibility index (Phi) is 3.83. The first-order valence-corrected chi connectivity index (χ1v) is 5.24. The molecule has 84 valence electrons. The standard InChI is InChI=1S/C12H20N2O/c1-9-7-10(5-6-13-9)11(15)8-14-12(2,3)4/h5-7,11,14-15H,8H2,1-4H3/t11-/m0/s1. The van der Waals surface area contributed by atoms with Crippen molar-refractivity contribution in [2.24, 2.45) is 0 Å². The van der Waals surface area contributed by atoms with Crippen LogP contribution < -0.4 is 5.32 Å². The second-order valence-electron chi connectivity index (χ2n) is 4.88. The van der Waals surface area contributed by atoms with Gasteiger partial charge in [-0.15, -0.1) is 0 Å². The fourth-order valence-corrected chi connectivity index (χ4v) is 1.30. The molecule has 0 saturated carbocycles. The molecule has 0 fully saturated rings. The normalized spacial score (nSPS) is 13.9. The Balaban J connectivity index is 2.58. The van der Waals surface area contributed by atoms with E-state index < -0.39 is 6.10 Å². The summed E-state index contributed by atoms with van der Waals surface area (Å²) in [6.07, 6.45) is 1.26. The SMILES string of the molecule is Cc1cc([C@@H](O)CNC(C)(C)C)ccn1. The molecule has 0 aliphatic heterocycles. The summed E-state index contributed by atoms with van der Waals surface area (Å²) in [6, 6.07) is 3.76. The molecule has 1 aromatic heterocycles. The van der Waals surface area contributed by atoms with Gasteiger partial charge in [-0.25, -0.2) is 0 Å². The second kappa shape index (κ2) is 4.73. The van der Waals surface area contributed by atoms with Crippen LogP contribution >= 0.6 is 0 Å². The first-order valence-electron chi connectivity index (χ1n) is 5.24. The maximum atomic E-state index is 9.92. The zero-order valence-electron chi connectivity index (χ0n) is 9.91. The van der Waals surface area contributed by atoms with Gasteiger partial charge in [0.2, 0.25) is 0 Å². The van der Waals surface area contributed by atoms with Crippen molar-refractivity contribution < 1.29 is 5.11 Å². The number of aryl methyl sites for hydroxylation is 1. The molecule has 0 saturated heterocycles. The Labute approximate surface area is 91.5 Å². The van der Waals surface area contributed by atoms with Crippen molar-refractivity contribution in [2.75, 3.05) is 6.54 Å². The van der Waals surface area contributed by atoms with E-state index in [4.69, 9.17) is 0 Å². The minimum atomic E-state index is -0.467. The highest BCUT2D eigenvalue weighted by Crippen LogP contribution is 2.13.